The predicted octanol–water partition coefficient (Wildman–Crippen LogP) is 3.85. The molecule has 1 unspecified atom stereocenters. The monoisotopic (exact) mass is 370 g/mol. The molecule has 3 aromatic rings. The molecule has 0 spiro atoms. The smallest absolute Gasteiger partial charge is 0.203 e. The minimum absolute atomic E-state index is 0.0199. The highest BCUT2D eigenvalue weighted by atomic mass is 16.5. The van der Waals surface area contributed by atoms with Gasteiger partial charge in [0.25, 0.3) is 0 Å². The standard InChI is InChI=1S/C20H26N4O3/c1-11-8-18(24-20(21-11)12(2)13(3)23-24)22-14(4)15-9-16(25-5)19(27-7)17(10-15)26-6/h8-10,14,22H,1-7H3. The third-order valence-electron chi connectivity index (χ3n) is 4.74. The van der Waals surface area contributed by atoms with E-state index in [-0.39, 0.29) is 6.04 Å². The van der Waals surface area contributed by atoms with Crippen LogP contribution in [-0.4, -0.2) is 35.9 Å². The zero-order chi connectivity index (χ0) is 19.7. The van der Waals surface area contributed by atoms with E-state index in [0.717, 1.165) is 34.0 Å². The molecule has 0 fully saturated rings. The molecule has 0 saturated carbocycles. The van der Waals surface area contributed by atoms with Crippen LogP contribution in [0.2, 0.25) is 0 Å². The molecule has 1 aromatic carbocycles. The summed E-state index contributed by atoms with van der Waals surface area (Å²) in [5.41, 5.74) is 4.86. The molecule has 0 aliphatic heterocycles. The second kappa shape index (κ2) is 7.34. The fourth-order valence-corrected chi connectivity index (χ4v) is 3.11. The average molecular weight is 370 g/mol. The van der Waals surface area contributed by atoms with Crippen molar-refractivity contribution in [1.29, 1.82) is 0 Å². The lowest BCUT2D eigenvalue weighted by atomic mass is 10.1. The third-order valence-corrected chi connectivity index (χ3v) is 4.74. The molecule has 2 heterocycles. The lowest BCUT2D eigenvalue weighted by Gasteiger charge is -2.20. The van der Waals surface area contributed by atoms with E-state index >= 15 is 0 Å². The van der Waals surface area contributed by atoms with Gasteiger partial charge in [0.05, 0.1) is 33.1 Å². The van der Waals surface area contributed by atoms with Crippen molar-refractivity contribution in [3.63, 3.8) is 0 Å². The predicted molar refractivity (Wildman–Crippen MR) is 105 cm³/mol. The Morgan fingerprint density at radius 1 is 0.963 bits per heavy atom. The van der Waals surface area contributed by atoms with Crippen LogP contribution in [0.1, 0.15) is 35.5 Å². The normalized spacial score (nSPS) is 12.1. The van der Waals surface area contributed by atoms with Gasteiger partial charge in [0.2, 0.25) is 5.75 Å². The molecule has 0 bridgehead atoms. The van der Waals surface area contributed by atoms with Crippen LogP contribution in [0.3, 0.4) is 0 Å². The molecule has 144 valence electrons. The van der Waals surface area contributed by atoms with Gasteiger partial charge in [-0.1, -0.05) is 0 Å². The molecule has 7 heteroatoms. The summed E-state index contributed by atoms with van der Waals surface area (Å²) in [6.07, 6.45) is 0. The van der Waals surface area contributed by atoms with Gasteiger partial charge in [-0.3, -0.25) is 0 Å². The SMILES string of the molecule is COc1cc(C(C)Nc2cc(C)nc3c(C)c(C)nn23)cc(OC)c1OC. The van der Waals surface area contributed by atoms with Crippen molar-refractivity contribution < 1.29 is 14.2 Å². The van der Waals surface area contributed by atoms with Gasteiger partial charge >= 0.3 is 0 Å². The summed E-state index contributed by atoms with van der Waals surface area (Å²) in [6.45, 7) is 8.09. The Kier molecular flexibility index (Phi) is 5.12. The number of nitrogens with zero attached hydrogens (tertiary/aromatic N) is 3. The Hall–Kier alpha value is -2.96. The molecule has 0 radical (unpaired) electrons. The minimum atomic E-state index is -0.0199. The Morgan fingerprint density at radius 2 is 1.59 bits per heavy atom. The van der Waals surface area contributed by atoms with E-state index < -0.39 is 0 Å². The van der Waals surface area contributed by atoms with Gasteiger partial charge in [-0.25, -0.2) is 4.98 Å². The van der Waals surface area contributed by atoms with Crippen molar-refractivity contribution in [3.05, 3.63) is 40.7 Å². The van der Waals surface area contributed by atoms with E-state index in [1.807, 2.05) is 43.5 Å². The maximum atomic E-state index is 5.47. The van der Waals surface area contributed by atoms with Crippen LogP contribution < -0.4 is 19.5 Å². The zero-order valence-corrected chi connectivity index (χ0v) is 16.9. The van der Waals surface area contributed by atoms with E-state index in [9.17, 15) is 0 Å². The summed E-state index contributed by atoms with van der Waals surface area (Å²) in [6, 6.07) is 5.87. The van der Waals surface area contributed by atoms with Crippen molar-refractivity contribution in [2.45, 2.75) is 33.7 Å². The number of benzene rings is 1. The molecule has 2 aromatic heterocycles. The molecule has 0 aliphatic carbocycles. The van der Waals surface area contributed by atoms with Crippen LogP contribution >= 0.6 is 0 Å². The molecule has 0 saturated heterocycles. The van der Waals surface area contributed by atoms with Gasteiger partial charge < -0.3 is 19.5 Å². The number of aryl methyl sites for hydroxylation is 3. The summed E-state index contributed by atoms with van der Waals surface area (Å²) >= 11 is 0. The van der Waals surface area contributed by atoms with E-state index in [0.29, 0.717) is 17.2 Å². The van der Waals surface area contributed by atoms with Gasteiger partial charge in [0.15, 0.2) is 17.1 Å². The number of hydrogen-bond donors (Lipinski definition) is 1. The molecule has 0 amide bonds. The number of anilines is 1. The summed E-state index contributed by atoms with van der Waals surface area (Å²) in [5, 5.41) is 8.15. The highest BCUT2D eigenvalue weighted by Gasteiger charge is 2.18. The van der Waals surface area contributed by atoms with E-state index in [2.05, 4.69) is 22.3 Å². The third kappa shape index (κ3) is 3.37. The summed E-state index contributed by atoms with van der Waals surface area (Å²) in [4.78, 5) is 4.62. The maximum absolute atomic E-state index is 5.47. The Balaban J connectivity index is 2.02. The molecule has 27 heavy (non-hydrogen) atoms. The first-order chi connectivity index (χ1) is 12.9. The first kappa shape index (κ1) is 18.8. The van der Waals surface area contributed by atoms with Crippen LogP contribution in [-0.2, 0) is 0 Å². The van der Waals surface area contributed by atoms with Gasteiger partial charge in [0, 0.05) is 17.3 Å². The minimum Gasteiger partial charge on any atom is -0.493 e. The van der Waals surface area contributed by atoms with Crippen LogP contribution in [0.4, 0.5) is 5.82 Å². The van der Waals surface area contributed by atoms with Gasteiger partial charge in [-0.2, -0.15) is 9.61 Å². The molecular formula is C20H26N4O3. The van der Waals surface area contributed by atoms with Crippen molar-refractivity contribution in [3.8, 4) is 17.2 Å². The second-order valence-corrected chi connectivity index (χ2v) is 6.55. The molecule has 0 aliphatic rings. The molecule has 3 rings (SSSR count). The Bertz CT molecular complexity index is 956. The Morgan fingerprint density at radius 3 is 2.15 bits per heavy atom. The topological polar surface area (TPSA) is 69.9 Å². The number of ether oxygens (including phenoxy) is 3. The zero-order valence-electron chi connectivity index (χ0n) is 16.9. The molecule has 1 atom stereocenters. The van der Waals surface area contributed by atoms with Crippen LogP contribution in [0.25, 0.3) is 5.65 Å². The maximum Gasteiger partial charge on any atom is 0.203 e. The van der Waals surface area contributed by atoms with Crippen LogP contribution in [0, 0.1) is 20.8 Å². The van der Waals surface area contributed by atoms with Gasteiger partial charge in [-0.15, -0.1) is 0 Å². The fraction of sp³-hybridized carbons (Fsp3) is 0.400. The van der Waals surface area contributed by atoms with Crippen molar-refractivity contribution >= 4 is 11.5 Å². The van der Waals surface area contributed by atoms with E-state index in [4.69, 9.17) is 14.2 Å². The van der Waals surface area contributed by atoms with Gasteiger partial charge in [0.1, 0.15) is 5.82 Å². The lowest BCUT2D eigenvalue weighted by molar-refractivity contribution is 0.323. The van der Waals surface area contributed by atoms with Crippen LogP contribution in [0.5, 0.6) is 17.2 Å². The summed E-state index contributed by atoms with van der Waals surface area (Å²) < 4.78 is 18.2. The van der Waals surface area contributed by atoms with E-state index in [1.165, 1.54) is 0 Å². The van der Waals surface area contributed by atoms with Gasteiger partial charge in [-0.05, 0) is 45.4 Å². The number of fused-ring (bicyclic) bond motifs is 1. The molecular weight excluding hydrogens is 344 g/mol. The number of aromatic nitrogens is 3. The molecule has 7 nitrogen and oxygen atoms in total. The highest BCUT2D eigenvalue weighted by Crippen LogP contribution is 2.40. The first-order valence-electron chi connectivity index (χ1n) is 8.79. The van der Waals surface area contributed by atoms with Crippen LogP contribution in [0.15, 0.2) is 18.2 Å². The highest BCUT2D eigenvalue weighted by molar-refractivity contribution is 5.58. The number of rotatable bonds is 6. The second-order valence-electron chi connectivity index (χ2n) is 6.55. The van der Waals surface area contributed by atoms with Crippen molar-refractivity contribution in [2.75, 3.05) is 26.6 Å². The number of methoxy groups -OCH3 is 3. The van der Waals surface area contributed by atoms with Crippen molar-refractivity contribution in [2.24, 2.45) is 0 Å². The average Bonchev–Trinajstić information content (AvgIpc) is 2.95. The summed E-state index contributed by atoms with van der Waals surface area (Å²) in [5.74, 6) is 2.72. The number of hydrogen-bond acceptors (Lipinski definition) is 6. The first-order valence-corrected chi connectivity index (χ1v) is 8.79. The lowest BCUT2D eigenvalue weighted by Crippen LogP contribution is -2.12. The fourth-order valence-electron chi connectivity index (χ4n) is 3.11. The summed E-state index contributed by atoms with van der Waals surface area (Å²) in [7, 11) is 4.83. The molecule has 1 N–H and O–H groups in total. The number of nitrogens with one attached hydrogen (secondary N) is 1. The largest absolute Gasteiger partial charge is 0.493 e. The quantitative estimate of drug-likeness (QED) is 0.711. The van der Waals surface area contributed by atoms with E-state index in [1.54, 1.807) is 21.3 Å². The Labute approximate surface area is 159 Å². The van der Waals surface area contributed by atoms with Crippen molar-refractivity contribution in [1.82, 2.24) is 14.6 Å².